The van der Waals surface area contributed by atoms with Crippen LogP contribution in [0, 0.1) is 0 Å². The van der Waals surface area contributed by atoms with Gasteiger partial charge in [0.15, 0.2) is 15.7 Å². The van der Waals surface area contributed by atoms with E-state index >= 15 is 0 Å². The van der Waals surface area contributed by atoms with Gasteiger partial charge in [0.2, 0.25) is 0 Å². The van der Waals surface area contributed by atoms with E-state index < -0.39 is 9.84 Å². The largest absolute Gasteiger partial charge is 0.303 e. The standard InChI is InChI=1S/C19H26N4O2S/c1-26(24,25)17-9-7-16(8-10-17)23-18(20-19(21-23)15-5-6-15)11-14-22-12-3-2-4-13-22/h7-10,15H,2-6,11-14H2,1H3. The second-order valence-corrected chi connectivity index (χ2v) is 9.51. The molecule has 1 saturated carbocycles. The lowest BCUT2D eigenvalue weighted by molar-refractivity contribution is 0.230. The van der Waals surface area contributed by atoms with Crippen LogP contribution in [0.15, 0.2) is 29.2 Å². The van der Waals surface area contributed by atoms with Gasteiger partial charge in [-0.2, -0.15) is 5.10 Å². The number of piperidine rings is 1. The predicted molar refractivity (Wildman–Crippen MR) is 100 cm³/mol. The van der Waals surface area contributed by atoms with Crippen LogP contribution in [0.5, 0.6) is 0 Å². The normalized spacial score (nSPS) is 19.0. The van der Waals surface area contributed by atoms with Gasteiger partial charge >= 0.3 is 0 Å². The van der Waals surface area contributed by atoms with E-state index in [2.05, 4.69) is 4.90 Å². The molecular weight excluding hydrogens is 348 g/mol. The van der Waals surface area contributed by atoms with Crippen molar-refractivity contribution < 1.29 is 8.42 Å². The number of hydrogen-bond donors (Lipinski definition) is 0. The van der Waals surface area contributed by atoms with Crippen LogP contribution in [-0.4, -0.2) is 54.0 Å². The van der Waals surface area contributed by atoms with Gasteiger partial charge in [0.05, 0.1) is 10.6 Å². The Morgan fingerprint density at radius 2 is 1.77 bits per heavy atom. The summed E-state index contributed by atoms with van der Waals surface area (Å²) in [5, 5.41) is 4.74. The molecule has 2 heterocycles. The molecule has 4 rings (SSSR count). The first-order chi connectivity index (χ1) is 12.5. The van der Waals surface area contributed by atoms with Crippen LogP contribution >= 0.6 is 0 Å². The predicted octanol–water partition coefficient (Wildman–Crippen LogP) is 2.58. The quantitative estimate of drug-likeness (QED) is 0.777. The highest BCUT2D eigenvalue weighted by Gasteiger charge is 2.29. The van der Waals surface area contributed by atoms with Crippen molar-refractivity contribution in [1.82, 2.24) is 19.7 Å². The third kappa shape index (κ3) is 3.99. The topological polar surface area (TPSA) is 68.1 Å². The summed E-state index contributed by atoms with van der Waals surface area (Å²) in [5.74, 6) is 2.41. The molecule has 2 aliphatic rings. The van der Waals surface area contributed by atoms with Gasteiger partial charge in [0.1, 0.15) is 5.82 Å². The lowest BCUT2D eigenvalue weighted by Gasteiger charge is -2.26. The number of hydrogen-bond acceptors (Lipinski definition) is 5. The summed E-state index contributed by atoms with van der Waals surface area (Å²) in [6, 6.07) is 6.95. The first-order valence-corrected chi connectivity index (χ1v) is 11.4. The molecule has 140 valence electrons. The minimum absolute atomic E-state index is 0.332. The lowest BCUT2D eigenvalue weighted by atomic mass is 10.1. The van der Waals surface area contributed by atoms with Gasteiger partial charge in [-0.1, -0.05) is 6.42 Å². The van der Waals surface area contributed by atoms with E-state index in [1.807, 2.05) is 16.8 Å². The van der Waals surface area contributed by atoms with E-state index in [1.54, 1.807) is 12.1 Å². The van der Waals surface area contributed by atoms with Crippen molar-refractivity contribution in [2.75, 3.05) is 25.9 Å². The van der Waals surface area contributed by atoms with Gasteiger partial charge in [0, 0.05) is 25.1 Å². The van der Waals surface area contributed by atoms with E-state index in [9.17, 15) is 8.42 Å². The SMILES string of the molecule is CS(=O)(=O)c1ccc(-n2nc(C3CC3)nc2CCN2CCCCC2)cc1. The third-order valence-electron chi connectivity index (χ3n) is 5.24. The molecule has 0 unspecified atom stereocenters. The maximum Gasteiger partial charge on any atom is 0.175 e. The van der Waals surface area contributed by atoms with Crippen molar-refractivity contribution in [2.24, 2.45) is 0 Å². The molecule has 0 spiro atoms. The Balaban J connectivity index is 1.57. The lowest BCUT2D eigenvalue weighted by Crippen LogP contribution is -2.32. The monoisotopic (exact) mass is 374 g/mol. The number of likely N-dealkylation sites (tertiary alicyclic amines) is 1. The summed E-state index contributed by atoms with van der Waals surface area (Å²) in [4.78, 5) is 7.65. The Morgan fingerprint density at radius 1 is 1.08 bits per heavy atom. The fourth-order valence-corrected chi connectivity index (χ4v) is 4.15. The Bertz CT molecular complexity index is 863. The molecule has 0 radical (unpaired) electrons. The number of nitrogens with zero attached hydrogens (tertiary/aromatic N) is 4. The number of benzene rings is 1. The summed E-state index contributed by atoms with van der Waals surface area (Å²) in [7, 11) is -3.19. The zero-order valence-corrected chi connectivity index (χ0v) is 16.1. The maximum absolute atomic E-state index is 11.7. The van der Waals surface area contributed by atoms with Crippen LogP contribution in [-0.2, 0) is 16.3 Å². The van der Waals surface area contributed by atoms with Gasteiger partial charge in [-0.25, -0.2) is 18.1 Å². The zero-order valence-electron chi connectivity index (χ0n) is 15.3. The summed E-state index contributed by atoms with van der Waals surface area (Å²) in [6.45, 7) is 3.35. The highest BCUT2D eigenvalue weighted by atomic mass is 32.2. The molecule has 26 heavy (non-hydrogen) atoms. The molecule has 1 aromatic carbocycles. The van der Waals surface area contributed by atoms with E-state index in [-0.39, 0.29) is 0 Å². The average Bonchev–Trinajstić information content (AvgIpc) is 3.40. The van der Waals surface area contributed by atoms with Crippen molar-refractivity contribution in [1.29, 1.82) is 0 Å². The van der Waals surface area contributed by atoms with Gasteiger partial charge in [0.25, 0.3) is 0 Å². The summed E-state index contributed by atoms with van der Waals surface area (Å²) < 4.78 is 25.3. The van der Waals surface area contributed by atoms with Crippen LogP contribution in [0.2, 0.25) is 0 Å². The van der Waals surface area contributed by atoms with Crippen molar-refractivity contribution in [3.05, 3.63) is 35.9 Å². The van der Waals surface area contributed by atoms with E-state index in [1.165, 1.54) is 51.4 Å². The fraction of sp³-hybridized carbons (Fsp3) is 0.579. The summed E-state index contributed by atoms with van der Waals surface area (Å²) in [6.07, 6.45) is 8.34. The molecule has 2 fully saturated rings. The molecule has 1 saturated heterocycles. The van der Waals surface area contributed by atoms with Gasteiger partial charge < -0.3 is 4.90 Å². The minimum Gasteiger partial charge on any atom is -0.303 e. The Hall–Kier alpha value is -1.73. The van der Waals surface area contributed by atoms with Crippen LogP contribution in [0.1, 0.15) is 49.7 Å². The van der Waals surface area contributed by atoms with E-state index in [4.69, 9.17) is 10.1 Å². The smallest absolute Gasteiger partial charge is 0.175 e. The maximum atomic E-state index is 11.7. The molecule has 6 nitrogen and oxygen atoms in total. The summed E-state index contributed by atoms with van der Waals surface area (Å²) >= 11 is 0. The molecule has 2 aromatic rings. The van der Waals surface area contributed by atoms with Crippen LogP contribution in [0.25, 0.3) is 5.69 Å². The van der Waals surface area contributed by atoms with Crippen molar-refractivity contribution in [3.8, 4) is 5.69 Å². The number of aromatic nitrogens is 3. The van der Waals surface area contributed by atoms with Gasteiger partial charge in [-0.3, -0.25) is 0 Å². The third-order valence-corrected chi connectivity index (χ3v) is 6.37. The van der Waals surface area contributed by atoms with Gasteiger partial charge in [-0.15, -0.1) is 0 Å². The molecular formula is C19H26N4O2S. The van der Waals surface area contributed by atoms with Crippen molar-refractivity contribution in [2.45, 2.75) is 49.3 Å². The Labute approximate surface area is 155 Å². The van der Waals surface area contributed by atoms with E-state index in [0.29, 0.717) is 10.8 Å². The van der Waals surface area contributed by atoms with Gasteiger partial charge in [-0.05, 0) is 63.0 Å². The first-order valence-electron chi connectivity index (χ1n) is 9.49. The highest BCUT2D eigenvalue weighted by Crippen LogP contribution is 2.38. The Kier molecular flexibility index (Phi) is 4.84. The first kappa shape index (κ1) is 17.7. The Morgan fingerprint density at radius 3 is 2.38 bits per heavy atom. The molecule has 7 heteroatoms. The highest BCUT2D eigenvalue weighted by molar-refractivity contribution is 7.90. The molecule has 0 amide bonds. The van der Waals surface area contributed by atoms with Crippen molar-refractivity contribution >= 4 is 9.84 Å². The van der Waals surface area contributed by atoms with E-state index in [0.717, 1.165) is 30.3 Å². The van der Waals surface area contributed by atoms with Crippen LogP contribution in [0.4, 0.5) is 0 Å². The molecule has 1 aliphatic heterocycles. The molecule has 0 atom stereocenters. The van der Waals surface area contributed by atoms with Crippen LogP contribution < -0.4 is 0 Å². The number of rotatable bonds is 6. The average molecular weight is 375 g/mol. The molecule has 1 aromatic heterocycles. The fourth-order valence-electron chi connectivity index (χ4n) is 3.52. The molecule has 1 aliphatic carbocycles. The second kappa shape index (κ2) is 7.12. The van der Waals surface area contributed by atoms with Crippen molar-refractivity contribution in [3.63, 3.8) is 0 Å². The van der Waals surface area contributed by atoms with Crippen LogP contribution in [0.3, 0.4) is 0 Å². The number of sulfone groups is 1. The minimum atomic E-state index is -3.19. The summed E-state index contributed by atoms with van der Waals surface area (Å²) in [5.41, 5.74) is 0.880. The molecule has 0 bridgehead atoms. The zero-order chi connectivity index (χ0) is 18.1. The molecule has 0 N–H and O–H groups in total. The second-order valence-electron chi connectivity index (χ2n) is 7.49.